The van der Waals surface area contributed by atoms with Crippen LogP contribution in [0.3, 0.4) is 0 Å². The summed E-state index contributed by atoms with van der Waals surface area (Å²) in [7, 11) is 0. The van der Waals surface area contributed by atoms with Crippen molar-refractivity contribution in [2.75, 3.05) is 6.54 Å². The van der Waals surface area contributed by atoms with Crippen LogP contribution in [-0.2, 0) is 4.79 Å². The second-order valence-electron chi connectivity index (χ2n) is 3.14. The lowest BCUT2D eigenvalue weighted by Gasteiger charge is -2.10. The van der Waals surface area contributed by atoms with Crippen molar-refractivity contribution in [3.63, 3.8) is 0 Å². The largest absolute Gasteiger partial charge is 0.481 e. The first-order valence-electron chi connectivity index (χ1n) is 4.40. The molecule has 0 spiro atoms. The van der Waals surface area contributed by atoms with Crippen LogP contribution in [0, 0.1) is 0 Å². The van der Waals surface area contributed by atoms with Gasteiger partial charge in [0.1, 0.15) is 0 Å². The Labute approximate surface area is 87.5 Å². The third-order valence-electron chi connectivity index (χ3n) is 2.11. The van der Waals surface area contributed by atoms with Crippen LogP contribution < -0.4 is 5.73 Å². The van der Waals surface area contributed by atoms with Crippen molar-refractivity contribution in [3.05, 3.63) is 34.9 Å². The van der Waals surface area contributed by atoms with Crippen LogP contribution in [0.2, 0.25) is 5.02 Å². The second-order valence-corrected chi connectivity index (χ2v) is 3.57. The summed E-state index contributed by atoms with van der Waals surface area (Å²) in [5.41, 5.74) is 4.72. The lowest BCUT2D eigenvalue weighted by atomic mass is 9.96. The Balaban J connectivity index is 2.78. The van der Waals surface area contributed by atoms with E-state index in [1.165, 1.54) is 0 Å². The van der Waals surface area contributed by atoms with E-state index >= 15 is 0 Å². The normalized spacial score (nSPS) is 12.4. The van der Waals surface area contributed by atoms with E-state index in [1.807, 2.05) is 12.1 Å². The smallest absolute Gasteiger partial charge is 0.304 e. The number of benzene rings is 1. The summed E-state index contributed by atoms with van der Waals surface area (Å²) in [5, 5.41) is 9.34. The van der Waals surface area contributed by atoms with Crippen LogP contribution >= 0.6 is 11.6 Å². The molecule has 0 aromatic heterocycles. The zero-order chi connectivity index (χ0) is 10.6. The van der Waals surface area contributed by atoms with Crippen LogP contribution in [0.1, 0.15) is 17.9 Å². The van der Waals surface area contributed by atoms with E-state index in [4.69, 9.17) is 16.7 Å². The highest BCUT2D eigenvalue weighted by Gasteiger charge is 2.15. The monoisotopic (exact) mass is 214 g/mol. The summed E-state index contributed by atoms with van der Waals surface area (Å²) in [5.74, 6) is -0.821. The fourth-order valence-corrected chi connectivity index (χ4v) is 1.46. The van der Waals surface area contributed by atoms with E-state index in [1.54, 1.807) is 12.1 Å². The van der Waals surface area contributed by atoms with Crippen LogP contribution in [0.15, 0.2) is 24.3 Å². The molecule has 0 aliphatic rings. The number of aliphatic carboxylic acids is 1. The fraction of sp³-hybridized carbons (Fsp3) is 0.300. The van der Waals surface area contributed by atoms with Gasteiger partial charge in [0, 0.05) is 10.9 Å². The molecule has 0 amide bonds. The summed E-state index contributed by atoms with van der Waals surface area (Å²) in [6, 6.07) is 7.23. The molecule has 0 saturated heterocycles. The third kappa shape index (κ3) is 3.01. The Morgan fingerprint density at radius 3 is 2.43 bits per heavy atom. The Bertz CT molecular complexity index is 310. The van der Waals surface area contributed by atoms with Gasteiger partial charge in [0.15, 0.2) is 0 Å². The van der Waals surface area contributed by atoms with Crippen molar-refractivity contribution in [1.82, 2.24) is 0 Å². The van der Waals surface area contributed by atoms with Crippen molar-refractivity contribution in [3.8, 4) is 0 Å². The Morgan fingerprint density at radius 1 is 1.43 bits per heavy atom. The quantitative estimate of drug-likeness (QED) is 0.790. The Kier molecular flexibility index (Phi) is 3.92. The molecule has 0 heterocycles. The van der Waals surface area contributed by atoms with E-state index in [2.05, 4.69) is 5.73 Å². The molecule has 4 N–H and O–H groups in total. The molecule has 3 nitrogen and oxygen atoms in total. The van der Waals surface area contributed by atoms with Crippen molar-refractivity contribution in [2.24, 2.45) is 0 Å². The summed E-state index contributed by atoms with van der Waals surface area (Å²) < 4.78 is 0. The summed E-state index contributed by atoms with van der Waals surface area (Å²) in [4.78, 5) is 10.6. The maximum atomic E-state index is 10.6. The minimum absolute atomic E-state index is 0.0234. The predicted octanol–water partition coefficient (Wildman–Crippen LogP) is 1.14. The number of carboxylic acid groups (broad SMARTS) is 1. The molecule has 0 bridgehead atoms. The first kappa shape index (κ1) is 11.0. The number of halogens is 1. The van der Waals surface area contributed by atoms with Crippen molar-refractivity contribution in [2.45, 2.75) is 12.3 Å². The highest BCUT2D eigenvalue weighted by atomic mass is 35.5. The average molecular weight is 215 g/mol. The van der Waals surface area contributed by atoms with Gasteiger partial charge in [-0.3, -0.25) is 4.79 Å². The third-order valence-corrected chi connectivity index (χ3v) is 2.36. The molecular weight excluding hydrogens is 202 g/mol. The maximum Gasteiger partial charge on any atom is 0.304 e. The molecule has 1 aromatic carbocycles. The van der Waals surface area contributed by atoms with Crippen LogP contribution in [0.25, 0.3) is 0 Å². The van der Waals surface area contributed by atoms with Gasteiger partial charge in [0.2, 0.25) is 0 Å². The molecule has 14 heavy (non-hydrogen) atoms. The van der Waals surface area contributed by atoms with Gasteiger partial charge >= 0.3 is 5.97 Å². The van der Waals surface area contributed by atoms with E-state index in [-0.39, 0.29) is 12.3 Å². The van der Waals surface area contributed by atoms with Gasteiger partial charge in [-0.15, -0.1) is 0 Å². The lowest BCUT2D eigenvalue weighted by Crippen LogP contribution is -2.53. The molecule has 0 radical (unpaired) electrons. The summed E-state index contributed by atoms with van der Waals surface area (Å²) >= 11 is 5.73. The average Bonchev–Trinajstić information content (AvgIpc) is 2.15. The number of hydrogen-bond donors (Lipinski definition) is 2. The first-order chi connectivity index (χ1) is 6.63. The molecule has 76 valence electrons. The number of carboxylic acids is 1. The van der Waals surface area contributed by atoms with E-state index < -0.39 is 5.97 Å². The lowest BCUT2D eigenvalue weighted by molar-refractivity contribution is -0.372. The molecule has 1 aromatic rings. The molecule has 0 fully saturated rings. The molecule has 1 rings (SSSR count). The molecule has 4 heteroatoms. The van der Waals surface area contributed by atoms with Crippen molar-refractivity contribution >= 4 is 17.6 Å². The van der Waals surface area contributed by atoms with Crippen LogP contribution in [0.5, 0.6) is 0 Å². The highest BCUT2D eigenvalue weighted by Crippen LogP contribution is 2.20. The standard InChI is InChI=1S/C10H12ClNO2/c11-9-3-1-7(2-4-9)8(6-12)5-10(13)14/h1-4,8H,5-6,12H2,(H,13,14)/p+1/t8-/m0/s1. The maximum absolute atomic E-state index is 10.6. The van der Waals surface area contributed by atoms with Gasteiger partial charge in [-0.25, -0.2) is 0 Å². The van der Waals surface area contributed by atoms with Gasteiger partial charge in [-0.2, -0.15) is 0 Å². The van der Waals surface area contributed by atoms with Gasteiger partial charge in [0.05, 0.1) is 13.0 Å². The SMILES string of the molecule is [NH3+]C[C@H](CC(=O)O)c1ccc(Cl)cc1. The van der Waals surface area contributed by atoms with E-state index in [0.717, 1.165) is 5.56 Å². The second kappa shape index (κ2) is 4.98. The van der Waals surface area contributed by atoms with Gasteiger partial charge in [0.25, 0.3) is 0 Å². The van der Waals surface area contributed by atoms with E-state index in [0.29, 0.717) is 11.6 Å². The number of hydrogen-bond acceptors (Lipinski definition) is 1. The molecule has 0 unspecified atom stereocenters. The molecule has 0 aliphatic carbocycles. The van der Waals surface area contributed by atoms with Crippen molar-refractivity contribution in [1.29, 1.82) is 0 Å². The number of quaternary nitrogens is 1. The minimum Gasteiger partial charge on any atom is -0.481 e. The van der Waals surface area contributed by atoms with Gasteiger partial charge in [-0.05, 0) is 17.7 Å². The zero-order valence-corrected chi connectivity index (χ0v) is 8.50. The summed E-state index contributed by atoms with van der Waals surface area (Å²) in [6.07, 6.45) is 0.116. The molecule has 0 aliphatic heterocycles. The van der Waals surface area contributed by atoms with Gasteiger partial charge < -0.3 is 10.8 Å². The zero-order valence-electron chi connectivity index (χ0n) is 7.74. The fourth-order valence-electron chi connectivity index (χ4n) is 1.33. The van der Waals surface area contributed by atoms with Gasteiger partial charge in [-0.1, -0.05) is 23.7 Å². The van der Waals surface area contributed by atoms with Crippen LogP contribution in [-0.4, -0.2) is 17.6 Å². The topological polar surface area (TPSA) is 64.9 Å². The van der Waals surface area contributed by atoms with Crippen molar-refractivity contribution < 1.29 is 15.6 Å². The summed E-state index contributed by atoms with van der Waals surface area (Å²) in [6.45, 7) is 0.577. The molecule has 0 saturated carbocycles. The number of rotatable bonds is 4. The minimum atomic E-state index is -0.798. The highest BCUT2D eigenvalue weighted by molar-refractivity contribution is 6.30. The Hall–Kier alpha value is -1.06. The molecular formula is C10H13ClNO2+. The predicted molar refractivity (Wildman–Crippen MR) is 54.2 cm³/mol. The Morgan fingerprint density at radius 2 is 2.00 bits per heavy atom. The van der Waals surface area contributed by atoms with E-state index in [9.17, 15) is 4.79 Å². The van der Waals surface area contributed by atoms with Crippen LogP contribution in [0.4, 0.5) is 0 Å². The number of carbonyl (C=O) groups is 1. The first-order valence-corrected chi connectivity index (χ1v) is 4.77. The molecule has 1 atom stereocenters.